The van der Waals surface area contributed by atoms with E-state index in [-0.39, 0.29) is 29.5 Å². The van der Waals surface area contributed by atoms with Crippen LogP contribution in [-0.2, 0) is 16.1 Å². The van der Waals surface area contributed by atoms with E-state index in [2.05, 4.69) is 15.5 Å². The molecular formula is C21H29N5O4S. The molecule has 10 heteroatoms. The number of rotatable bonds is 7. The van der Waals surface area contributed by atoms with Gasteiger partial charge in [0.1, 0.15) is 10.6 Å². The molecule has 2 N–H and O–H groups in total. The number of benzene rings is 1. The maximum atomic E-state index is 12.4. The van der Waals surface area contributed by atoms with Gasteiger partial charge < -0.3 is 15.2 Å². The second-order valence-electron chi connectivity index (χ2n) is 8.65. The molecule has 31 heavy (non-hydrogen) atoms. The number of likely N-dealkylation sites (N-methyl/N-ethyl adjacent to an activating group) is 1. The molecule has 3 rings (SSSR count). The van der Waals surface area contributed by atoms with Crippen LogP contribution in [0.15, 0.2) is 30.3 Å². The van der Waals surface area contributed by atoms with E-state index in [0.29, 0.717) is 30.3 Å². The average Bonchev–Trinajstić information content (AvgIpc) is 3.28. The summed E-state index contributed by atoms with van der Waals surface area (Å²) >= 11 is 1.23. The number of likely N-dealkylation sites (tertiary alicyclic amines) is 1. The van der Waals surface area contributed by atoms with Crippen LogP contribution in [0.4, 0.5) is 5.69 Å². The Kier molecular flexibility index (Phi) is 7.37. The Morgan fingerprint density at radius 3 is 2.65 bits per heavy atom. The summed E-state index contributed by atoms with van der Waals surface area (Å²) in [6, 6.07) is 8.98. The lowest BCUT2D eigenvalue weighted by atomic mass is 10.2. The van der Waals surface area contributed by atoms with E-state index in [1.165, 1.54) is 11.3 Å². The van der Waals surface area contributed by atoms with E-state index in [0.717, 1.165) is 0 Å². The van der Waals surface area contributed by atoms with Gasteiger partial charge >= 0.3 is 5.97 Å². The van der Waals surface area contributed by atoms with Crippen LogP contribution >= 0.6 is 11.3 Å². The number of amides is 1. The summed E-state index contributed by atoms with van der Waals surface area (Å²) in [5, 5.41) is 22.4. The zero-order valence-corrected chi connectivity index (χ0v) is 19.1. The number of esters is 1. The number of aliphatic hydroxyl groups is 1. The van der Waals surface area contributed by atoms with E-state index in [1.54, 1.807) is 19.2 Å². The fourth-order valence-corrected chi connectivity index (χ4v) is 4.19. The third-order valence-corrected chi connectivity index (χ3v) is 5.66. The van der Waals surface area contributed by atoms with Gasteiger partial charge in [0.15, 0.2) is 0 Å². The van der Waals surface area contributed by atoms with Gasteiger partial charge in [-0.2, -0.15) is 0 Å². The van der Waals surface area contributed by atoms with E-state index in [9.17, 15) is 14.7 Å². The summed E-state index contributed by atoms with van der Waals surface area (Å²) in [6.07, 6.45) is -0.596. The summed E-state index contributed by atoms with van der Waals surface area (Å²) in [4.78, 5) is 28.3. The second-order valence-corrected chi connectivity index (χ2v) is 9.71. The minimum Gasteiger partial charge on any atom is -0.459 e. The first kappa shape index (κ1) is 23.3. The molecule has 0 radical (unpaired) electrons. The Labute approximate surface area is 186 Å². The van der Waals surface area contributed by atoms with Crippen molar-refractivity contribution in [1.82, 2.24) is 20.0 Å². The molecule has 1 fully saturated rings. The number of anilines is 1. The van der Waals surface area contributed by atoms with Crippen LogP contribution in [0.25, 0.3) is 0 Å². The van der Waals surface area contributed by atoms with Gasteiger partial charge in [0.25, 0.3) is 5.91 Å². The normalized spacial score (nSPS) is 19.5. The van der Waals surface area contributed by atoms with Crippen molar-refractivity contribution in [2.45, 2.75) is 45.1 Å². The molecule has 0 spiro atoms. The summed E-state index contributed by atoms with van der Waals surface area (Å²) in [5.74, 6) is -0.620. The van der Waals surface area contributed by atoms with Gasteiger partial charge in [-0.05, 0) is 40.0 Å². The van der Waals surface area contributed by atoms with Crippen LogP contribution in [0.5, 0.6) is 0 Å². The molecule has 1 saturated heterocycles. The average molecular weight is 448 g/mol. The fraction of sp³-hybridized carbons (Fsp3) is 0.524. The molecule has 2 heterocycles. The maximum absolute atomic E-state index is 12.4. The minimum atomic E-state index is -0.596. The third kappa shape index (κ3) is 6.79. The Bertz CT molecular complexity index is 899. The predicted molar refractivity (Wildman–Crippen MR) is 118 cm³/mol. The van der Waals surface area contributed by atoms with Crippen molar-refractivity contribution in [1.29, 1.82) is 0 Å². The van der Waals surface area contributed by atoms with Crippen molar-refractivity contribution in [3.8, 4) is 0 Å². The lowest BCUT2D eigenvalue weighted by Crippen LogP contribution is -2.44. The van der Waals surface area contributed by atoms with Gasteiger partial charge in [0.05, 0.1) is 19.2 Å². The first-order valence-corrected chi connectivity index (χ1v) is 10.9. The van der Waals surface area contributed by atoms with Crippen molar-refractivity contribution < 1.29 is 19.4 Å². The Morgan fingerprint density at radius 2 is 1.97 bits per heavy atom. The van der Waals surface area contributed by atoms with Gasteiger partial charge in [0.2, 0.25) is 5.01 Å². The number of hydrogen-bond donors (Lipinski definition) is 2. The summed E-state index contributed by atoms with van der Waals surface area (Å²) in [6.45, 7) is 7.09. The number of aliphatic hydroxyl groups excluding tert-OH is 1. The van der Waals surface area contributed by atoms with Gasteiger partial charge in [-0.1, -0.05) is 29.5 Å². The number of hydrogen-bond acceptors (Lipinski definition) is 9. The standard InChI is InChI=1S/C21H29N5O4S/c1-21(2,3)30-18(28)13-25(4)15-10-26(11-16(15)27)12-17-23-24-20(31-17)19(29)22-14-8-6-5-7-9-14/h5-9,15-16,27H,10-13H2,1-4H3,(H,22,29)/t15-,16+/m0/s1. The fourth-order valence-electron chi connectivity index (χ4n) is 3.41. The van der Waals surface area contributed by atoms with Crippen LogP contribution in [0.1, 0.15) is 35.6 Å². The molecule has 0 aliphatic carbocycles. The number of carbonyl (C=O) groups is 2. The van der Waals surface area contributed by atoms with Crippen molar-refractivity contribution in [2.75, 3.05) is 32.0 Å². The van der Waals surface area contributed by atoms with Crippen molar-refractivity contribution in [3.05, 3.63) is 40.3 Å². The highest BCUT2D eigenvalue weighted by molar-refractivity contribution is 7.13. The number of aromatic nitrogens is 2. The third-order valence-electron chi connectivity index (χ3n) is 4.75. The zero-order chi connectivity index (χ0) is 22.6. The number of β-amino-alcohol motifs (C(OH)–C–C–N with tert-alkyl or cyclic N) is 1. The highest BCUT2D eigenvalue weighted by atomic mass is 32.1. The van der Waals surface area contributed by atoms with Crippen LogP contribution in [0.3, 0.4) is 0 Å². The van der Waals surface area contributed by atoms with E-state index in [1.807, 2.05) is 48.8 Å². The number of carbonyl (C=O) groups excluding carboxylic acids is 2. The highest BCUT2D eigenvalue weighted by Gasteiger charge is 2.35. The minimum absolute atomic E-state index is 0.107. The first-order chi connectivity index (χ1) is 14.6. The molecule has 2 aromatic rings. The van der Waals surface area contributed by atoms with Gasteiger partial charge in [-0.3, -0.25) is 19.4 Å². The molecule has 1 aromatic heterocycles. The molecular weight excluding hydrogens is 418 g/mol. The SMILES string of the molecule is CN(CC(=O)OC(C)(C)C)[C@H]1CN(Cc2nnc(C(=O)Nc3ccccc3)s2)C[C@H]1O. The van der Waals surface area contributed by atoms with Gasteiger partial charge in [-0.25, -0.2) is 0 Å². The second kappa shape index (κ2) is 9.82. The summed E-state index contributed by atoms with van der Waals surface area (Å²) in [5.41, 5.74) is 0.156. The number of nitrogens with one attached hydrogen (secondary N) is 1. The summed E-state index contributed by atoms with van der Waals surface area (Å²) < 4.78 is 5.36. The number of nitrogens with zero attached hydrogens (tertiary/aromatic N) is 4. The molecule has 1 aliphatic heterocycles. The molecule has 9 nitrogen and oxygen atoms in total. The first-order valence-electron chi connectivity index (χ1n) is 10.1. The quantitative estimate of drug-likeness (QED) is 0.617. The molecule has 2 atom stereocenters. The van der Waals surface area contributed by atoms with E-state index in [4.69, 9.17) is 4.74 Å². The predicted octanol–water partition coefficient (Wildman–Crippen LogP) is 1.61. The van der Waals surface area contributed by atoms with Crippen LogP contribution in [0.2, 0.25) is 0 Å². The number of para-hydroxylation sites is 1. The Balaban J connectivity index is 1.52. The van der Waals surface area contributed by atoms with E-state index < -0.39 is 11.7 Å². The smallest absolute Gasteiger partial charge is 0.320 e. The number of ether oxygens (including phenoxy) is 1. The van der Waals surface area contributed by atoms with Crippen molar-refractivity contribution in [2.24, 2.45) is 0 Å². The van der Waals surface area contributed by atoms with Gasteiger partial charge in [-0.15, -0.1) is 10.2 Å². The molecule has 0 unspecified atom stereocenters. The lowest BCUT2D eigenvalue weighted by Gasteiger charge is -2.27. The van der Waals surface area contributed by atoms with Crippen LogP contribution in [0, 0.1) is 0 Å². The molecule has 1 aliphatic rings. The topological polar surface area (TPSA) is 108 Å². The highest BCUT2D eigenvalue weighted by Crippen LogP contribution is 2.21. The van der Waals surface area contributed by atoms with Crippen LogP contribution < -0.4 is 5.32 Å². The van der Waals surface area contributed by atoms with Crippen LogP contribution in [-0.4, -0.2) is 81.4 Å². The summed E-state index contributed by atoms with van der Waals surface area (Å²) in [7, 11) is 1.80. The maximum Gasteiger partial charge on any atom is 0.320 e. The molecule has 1 amide bonds. The van der Waals surface area contributed by atoms with Crippen molar-refractivity contribution >= 4 is 28.9 Å². The Morgan fingerprint density at radius 1 is 1.26 bits per heavy atom. The van der Waals surface area contributed by atoms with Gasteiger partial charge in [0, 0.05) is 24.8 Å². The largest absolute Gasteiger partial charge is 0.459 e. The lowest BCUT2D eigenvalue weighted by molar-refractivity contribution is -0.156. The van der Waals surface area contributed by atoms with E-state index >= 15 is 0 Å². The molecule has 168 valence electrons. The Hall–Kier alpha value is -2.40. The molecule has 0 saturated carbocycles. The van der Waals surface area contributed by atoms with Crippen molar-refractivity contribution in [3.63, 3.8) is 0 Å². The zero-order valence-electron chi connectivity index (χ0n) is 18.2. The monoisotopic (exact) mass is 447 g/mol. The molecule has 1 aromatic carbocycles. The molecule has 0 bridgehead atoms.